The maximum absolute atomic E-state index is 13.8. The Bertz CT molecular complexity index is 617. The van der Waals surface area contributed by atoms with Crippen molar-refractivity contribution in [1.82, 2.24) is 0 Å². The largest absolute Gasteiger partial charge is 0.493 e. The van der Waals surface area contributed by atoms with Gasteiger partial charge in [0.05, 0.1) is 18.3 Å². The van der Waals surface area contributed by atoms with Gasteiger partial charge in [-0.2, -0.15) is 0 Å². The zero-order valence-electron chi connectivity index (χ0n) is 10.9. The van der Waals surface area contributed by atoms with Crippen molar-refractivity contribution < 1.29 is 9.13 Å². The van der Waals surface area contributed by atoms with Gasteiger partial charge in [-0.1, -0.05) is 34.1 Å². The van der Waals surface area contributed by atoms with Crippen LogP contribution in [-0.2, 0) is 0 Å². The summed E-state index contributed by atoms with van der Waals surface area (Å²) < 4.78 is 20.5. The zero-order chi connectivity index (χ0) is 13.9. The first-order valence-corrected chi connectivity index (χ1v) is 7.46. The molecule has 3 rings (SSSR count). The van der Waals surface area contributed by atoms with E-state index in [1.54, 1.807) is 12.1 Å². The van der Waals surface area contributed by atoms with E-state index in [1.807, 2.05) is 24.3 Å². The fourth-order valence-corrected chi connectivity index (χ4v) is 2.80. The van der Waals surface area contributed by atoms with E-state index in [4.69, 9.17) is 4.74 Å². The van der Waals surface area contributed by atoms with Crippen LogP contribution in [0.15, 0.2) is 46.9 Å². The first kappa shape index (κ1) is 13.4. The van der Waals surface area contributed by atoms with Gasteiger partial charge in [-0.05, 0) is 37.1 Å². The minimum absolute atomic E-state index is 0.0671. The molecule has 0 bridgehead atoms. The molecule has 0 aliphatic carbocycles. The summed E-state index contributed by atoms with van der Waals surface area (Å²) in [5, 5.41) is 3.29. The van der Waals surface area contributed by atoms with Crippen molar-refractivity contribution in [2.24, 2.45) is 0 Å². The highest BCUT2D eigenvalue weighted by Gasteiger charge is 2.20. The van der Waals surface area contributed by atoms with Crippen molar-refractivity contribution in [3.8, 4) is 5.75 Å². The molecule has 2 nitrogen and oxygen atoms in total. The topological polar surface area (TPSA) is 21.3 Å². The van der Waals surface area contributed by atoms with Gasteiger partial charge in [-0.25, -0.2) is 4.39 Å². The molecule has 0 fully saturated rings. The average Bonchev–Trinajstić information content (AvgIpc) is 2.63. The predicted octanol–water partition coefficient (Wildman–Crippen LogP) is 4.91. The smallest absolute Gasteiger partial charge is 0.146 e. The third-order valence-electron chi connectivity index (χ3n) is 3.45. The van der Waals surface area contributed by atoms with E-state index in [0.29, 0.717) is 12.3 Å². The van der Waals surface area contributed by atoms with Crippen molar-refractivity contribution in [2.45, 2.75) is 18.9 Å². The van der Waals surface area contributed by atoms with Crippen LogP contribution in [0.5, 0.6) is 5.75 Å². The van der Waals surface area contributed by atoms with Crippen LogP contribution in [0.3, 0.4) is 0 Å². The molecule has 20 heavy (non-hydrogen) atoms. The van der Waals surface area contributed by atoms with Crippen LogP contribution in [0.2, 0.25) is 0 Å². The van der Waals surface area contributed by atoms with Crippen LogP contribution in [0, 0.1) is 5.82 Å². The minimum atomic E-state index is -0.226. The van der Waals surface area contributed by atoms with E-state index < -0.39 is 0 Å². The predicted molar refractivity (Wildman–Crippen MR) is 81.6 cm³/mol. The van der Waals surface area contributed by atoms with Gasteiger partial charge in [0.15, 0.2) is 0 Å². The maximum Gasteiger partial charge on any atom is 0.146 e. The summed E-state index contributed by atoms with van der Waals surface area (Å²) in [5.74, 6) is 0.641. The number of hydrogen-bond donors (Lipinski definition) is 1. The van der Waals surface area contributed by atoms with Gasteiger partial charge in [0.25, 0.3) is 0 Å². The number of halogens is 2. The molecule has 104 valence electrons. The molecule has 1 atom stereocenters. The Labute approximate surface area is 126 Å². The van der Waals surface area contributed by atoms with Gasteiger partial charge < -0.3 is 10.1 Å². The van der Waals surface area contributed by atoms with Crippen LogP contribution in [0.25, 0.3) is 0 Å². The van der Waals surface area contributed by atoms with Crippen LogP contribution >= 0.6 is 15.9 Å². The molecule has 0 radical (unpaired) electrons. The number of ether oxygens (including phenoxy) is 1. The minimum Gasteiger partial charge on any atom is -0.493 e. The van der Waals surface area contributed by atoms with Gasteiger partial charge >= 0.3 is 0 Å². The lowest BCUT2D eigenvalue weighted by molar-refractivity contribution is 0.316. The van der Waals surface area contributed by atoms with Crippen molar-refractivity contribution in [3.05, 3.63) is 58.3 Å². The molecule has 1 unspecified atom stereocenters. The number of fused-ring (bicyclic) bond motifs is 1. The van der Waals surface area contributed by atoms with Crippen molar-refractivity contribution >= 4 is 21.6 Å². The number of benzene rings is 2. The van der Waals surface area contributed by atoms with E-state index in [1.165, 1.54) is 6.07 Å². The fourth-order valence-electron chi connectivity index (χ4n) is 2.46. The van der Waals surface area contributed by atoms with Gasteiger partial charge in [0, 0.05) is 10.0 Å². The third kappa shape index (κ3) is 2.80. The van der Waals surface area contributed by atoms with E-state index in [0.717, 1.165) is 28.6 Å². The second kappa shape index (κ2) is 5.83. The number of nitrogens with one attached hydrogen (secondary N) is 1. The summed E-state index contributed by atoms with van der Waals surface area (Å²) in [6, 6.07) is 12.8. The van der Waals surface area contributed by atoms with E-state index in [-0.39, 0.29) is 11.9 Å². The highest BCUT2D eigenvalue weighted by Crippen LogP contribution is 2.36. The number of rotatable bonds is 2. The molecule has 1 heterocycles. The van der Waals surface area contributed by atoms with Crippen LogP contribution in [-0.4, -0.2) is 6.61 Å². The molecule has 4 heteroatoms. The van der Waals surface area contributed by atoms with Gasteiger partial charge in [0.2, 0.25) is 0 Å². The van der Waals surface area contributed by atoms with Crippen molar-refractivity contribution in [1.29, 1.82) is 0 Å². The number of para-hydroxylation sites is 1. The highest BCUT2D eigenvalue weighted by atomic mass is 79.9. The fraction of sp³-hybridized carbons (Fsp3) is 0.250. The summed E-state index contributed by atoms with van der Waals surface area (Å²) >= 11 is 3.45. The molecule has 2 aromatic carbocycles. The first-order chi connectivity index (χ1) is 9.74. The Kier molecular flexibility index (Phi) is 3.92. The van der Waals surface area contributed by atoms with E-state index >= 15 is 0 Å². The molecule has 0 saturated heterocycles. The molecular weight excluding hydrogens is 321 g/mol. The lowest BCUT2D eigenvalue weighted by Crippen LogP contribution is -2.11. The van der Waals surface area contributed by atoms with Crippen LogP contribution in [0.4, 0.5) is 10.1 Å². The summed E-state index contributed by atoms with van der Waals surface area (Å²) in [6.45, 7) is 0.693. The van der Waals surface area contributed by atoms with Crippen molar-refractivity contribution in [3.63, 3.8) is 0 Å². The second-order valence-corrected chi connectivity index (χ2v) is 5.77. The standard InChI is InChI=1S/C16H15BrFNO/c17-11-7-8-12-14(6-3-9-20-16(12)10-11)19-15-5-2-1-4-13(15)18/h1-2,4-5,7-8,10,14,19H,3,6,9H2. The van der Waals surface area contributed by atoms with Crippen LogP contribution in [0.1, 0.15) is 24.4 Å². The SMILES string of the molecule is Fc1ccccc1NC1CCCOc2cc(Br)ccc21. The third-order valence-corrected chi connectivity index (χ3v) is 3.94. The molecule has 2 aromatic rings. The summed E-state index contributed by atoms with van der Waals surface area (Å²) in [5.41, 5.74) is 1.61. The van der Waals surface area contributed by atoms with Gasteiger partial charge in [-0.15, -0.1) is 0 Å². The Morgan fingerprint density at radius 1 is 1.20 bits per heavy atom. The summed E-state index contributed by atoms with van der Waals surface area (Å²) in [7, 11) is 0. The quantitative estimate of drug-likeness (QED) is 0.841. The molecule has 0 spiro atoms. The molecule has 0 amide bonds. The molecule has 1 aliphatic rings. The lowest BCUT2D eigenvalue weighted by Gasteiger charge is -2.20. The normalized spacial score (nSPS) is 17.8. The number of anilines is 1. The Morgan fingerprint density at radius 2 is 2.05 bits per heavy atom. The zero-order valence-corrected chi connectivity index (χ0v) is 12.5. The molecule has 1 N–H and O–H groups in total. The highest BCUT2D eigenvalue weighted by molar-refractivity contribution is 9.10. The summed E-state index contributed by atoms with van der Waals surface area (Å²) in [6.07, 6.45) is 1.86. The number of hydrogen-bond acceptors (Lipinski definition) is 2. The Hall–Kier alpha value is -1.55. The van der Waals surface area contributed by atoms with E-state index in [9.17, 15) is 4.39 Å². The Morgan fingerprint density at radius 3 is 2.90 bits per heavy atom. The molecule has 0 aromatic heterocycles. The van der Waals surface area contributed by atoms with E-state index in [2.05, 4.69) is 21.2 Å². The molecule has 1 aliphatic heterocycles. The lowest BCUT2D eigenvalue weighted by atomic mass is 10.0. The van der Waals surface area contributed by atoms with Crippen LogP contribution < -0.4 is 10.1 Å². The maximum atomic E-state index is 13.8. The monoisotopic (exact) mass is 335 g/mol. The molecular formula is C16H15BrFNO. The van der Waals surface area contributed by atoms with Crippen molar-refractivity contribution in [2.75, 3.05) is 11.9 Å². The first-order valence-electron chi connectivity index (χ1n) is 6.67. The van der Waals surface area contributed by atoms with Gasteiger partial charge in [-0.3, -0.25) is 0 Å². The summed E-state index contributed by atoms with van der Waals surface area (Å²) in [4.78, 5) is 0. The Balaban J connectivity index is 1.92. The second-order valence-electron chi connectivity index (χ2n) is 4.85. The van der Waals surface area contributed by atoms with Gasteiger partial charge in [0.1, 0.15) is 11.6 Å². The molecule has 0 saturated carbocycles. The average molecular weight is 336 g/mol.